The minimum Gasteiger partial charge on any atom is -0.459 e. The monoisotopic (exact) mass is 478 g/mol. The van der Waals surface area contributed by atoms with Crippen LogP contribution < -0.4 is 4.74 Å². The summed E-state index contributed by atoms with van der Waals surface area (Å²) in [5, 5.41) is 18.3. The molecule has 0 spiro atoms. The number of halogens is 3. The smallest absolute Gasteiger partial charge is 0.342 e. The Labute approximate surface area is 201 Å². The van der Waals surface area contributed by atoms with Crippen molar-refractivity contribution in [2.24, 2.45) is 0 Å². The second-order valence-corrected chi connectivity index (χ2v) is 7.62. The van der Waals surface area contributed by atoms with E-state index in [4.69, 9.17) is 14.7 Å². The van der Waals surface area contributed by atoms with Crippen LogP contribution in [-0.4, -0.2) is 12.1 Å². The minimum absolute atomic E-state index is 0.136. The van der Waals surface area contributed by atoms with Crippen molar-refractivity contribution in [2.75, 3.05) is 0 Å². The lowest BCUT2D eigenvalue weighted by atomic mass is 10.0. The van der Waals surface area contributed by atoms with Gasteiger partial charge in [0.15, 0.2) is 11.6 Å². The first-order valence-electron chi connectivity index (χ1n) is 11.0. The van der Waals surface area contributed by atoms with Crippen LogP contribution in [-0.2, 0) is 4.74 Å². The van der Waals surface area contributed by atoms with Crippen LogP contribution >= 0.6 is 0 Å². The van der Waals surface area contributed by atoms with Gasteiger partial charge in [0.05, 0.1) is 0 Å². The van der Waals surface area contributed by atoms with Crippen LogP contribution in [0.25, 0.3) is 11.1 Å². The van der Waals surface area contributed by atoms with Gasteiger partial charge >= 0.3 is 5.97 Å². The van der Waals surface area contributed by atoms with E-state index >= 15 is 4.39 Å². The molecular formula is C27H21F3N2O3. The van der Waals surface area contributed by atoms with Crippen LogP contribution in [0, 0.1) is 40.1 Å². The molecule has 8 heteroatoms. The summed E-state index contributed by atoms with van der Waals surface area (Å²) in [5.74, 6) is -7.37. The molecule has 0 N–H and O–H groups in total. The van der Waals surface area contributed by atoms with Crippen molar-refractivity contribution in [1.82, 2.24) is 0 Å². The summed E-state index contributed by atoms with van der Waals surface area (Å²) in [6.07, 6.45) is 1.57. The summed E-state index contributed by atoms with van der Waals surface area (Å²) in [6.45, 7) is 3.80. The average Bonchev–Trinajstić information content (AvgIpc) is 2.88. The van der Waals surface area contributed by atoms with Crippen molar-refractivity contribution < 1.29 is 27.4 Å². The number of carbonyl (C=O) groups is 1. The molecule has 0 bridgehead atoms. The van der Waals surface area contributed by atoms with Crippen molar-refractivity contribution in [3.8, 4) is 34.8 Å². The molecule has 0 heterocycles. The molecule has 0 saturated carbocycles. The van der Waals surface area contributed by atoms with Gasteiger partial charge in [0, 0.05) is 5.56 Å². The van der Waals surface area contributed by atoms with Crippen LogP contribution in [0.1, 0.15) is 54.6 Å². The van der Waals surface area contributed by atoms with E-state index in [1.165, 1.54) is 18.2 Å². The predicted octanol–water partition coefficient (Wildman–Crippen LogP) is 7.04. The van der Waals surface area contributed by atoms with E-state index in [0.717, 1.165) is 6.42 Å². The zero-order valence-electron chi connectivity index (χ0n) is 19.1. The number of hydrogen-bond acceptors (Lipinski definition) is 5. The van der Waals surface area contributed by atoms with Crippen LogP contribution in [0.15, 0.2) is 48.5 Å². The Bertz CT molecular complexity index is 1330. The van der Waals surface area contributed by atoms with Gasteiger partial charge in [-0.25, -0.2) is 13.6 Å². The van der Waals surface area contributed by atoms with Gasteiger partial charge < -0.3 is 9.47 Å². The van der Waals surface area contributed by atoms with Crippen molar-refractivity contribution in [2.45, 2.75) is 39.2 Å². The summed E-state index contributed by atoms with van der Waals surface area (Å²) in [5.41, 5.74) is -1.38. The fourth-order valence-corrected chi connectivity index (χ4v) is 3.58. The molecule has 0 fully saturated rings. The van der Waals surface area contributed by atoms with Gasteiger partial charge in [-0.1, -0.05) is 62.7 Å². The molecular weight excluding hydrogens is 457 g/mol. The summed E-state index contributed by atoms with van der Waals surface area (Å²) in [4.78, 5) is 13.1. The number of benzene rings is 3. The van der Waals surface area contributed by atoms with E-state index < -0.39 is 40.3 Å². The maximum Gasteiger partial charge on any atom is 0.342 e. The van der Waals surface area contributed by atoms with E-state index in [-0.39, 0.29) is 23.0 Å². The lowest BCUT2D eigenvalue weighted by molar-refractivity contribution is 0.0269. The lowest BCUT2D eigenvalue weighted by Crippen LogP contribution is -2.18. The first-order chi connectivity index (χ1) is 16.9. The largest absolute Gasteiger partial charge is 0.459 e. The molecule has 0 radical (unpaired) electrons. The molecule has 0 amide bonds. The second kappa shape index (κ2) is 11.2. The van der Waals surface area contributed by atoms with E-state index in [9.17, 15) is 18.8 Å². The Morgan fingerprint density at radius 3 is 2.14 bits per heavy atom. The number of rotatable bonds is 8. The van der Waals surface area contributed by atoms with E-state index in [0.29, 0.717) is 18.4 Å². The number of carbonyl (C=O) groups excluding carboxylic acids is 1. The van der Waals surface area contributed by atoms with Gasteiger partial charge in [0.1, 0.15) is 40.7 Å². The molecule has 0 aromatic heterocycles. The number of ether oxygens (including phenoxy) is 2. The van der Waals surface area contributed by atoms with Crippen molar-refractivity contribution in [1.29, 1.82) is 10.5 Å². The Morgan fingerprint density at radius 1 is 0.886 bits per heavy atom. The second-order valence-electron chi connectivity index (χ2n) is 7.62. The molecule has 3 aromatic rings. The number of hydrogen-bond donors (Lipinski definition) is 0. The SMILES string of the molecule is CCCC(CC)OC(=O)c1cccc(-c2ccccc2)c1Oc1c(F)c(F)c(C#N)c(C#N)c1F. The first kappa shape index (κ1) is 25.3. The van der Waals surface area contributed by atoms with Crippen LogP contribution in [0.2, 0.25) is 0 Å². The first-order valence-corrected chi connectivity index (χ1v) is 11.0. The molecule has 35 heavy (non-hydrogen) atoms. The van der Waals surface area contributed by atoms with Gasteiger partial charge in [-0.15, -0.1) is 0 Å². The normalized spacial score (nSPS) is 11.3. The summed E-state index contributed by atoms with van der Waals surface area (Å²) >= 11 is 0. The Hall–Kier alpha value is -4.30. The van der Waals surface area contributed by atoms with Gasteiger partial charge in [0.25, 0.3) is 0 Å². The Kier molecular flexibility index (Phi) is 8.12. The zero-order chi connectivity index (χ0) is 25.5. The van der Waals surface area contributed by atoms with Gasteiger partial charge in [-0.3, -0.25) is 0 Å². The molecule has 0 saturated heterocycles. The van der Waals surface area contributed by atoms with Gasteiger partial charge in [-0.2, -0.15) is 14.9 Å². The molecule has 3 rings (SSSR count). The molecule has 0 aliphatic rings. The number of nitrogens with zero attached hydrogens (tertiary/aromatic N) is 2. The fraction of sp³-hybridized carbons (Fsp3) is 0.222. The van der Waals surface area contributed by atoms with Crippen molar-refractivity contribution >= 4 is 5.97 Å². The Balaban J connectivity index is 2.23. The number of esters is 1. The minimum atomic E-state index is -1.79. The molecule has 5 nitrogen and oxygen atoms in total. The quantitative estimate of drug-likeness (QED) is 0.256. The molecule has 3 aromatic carbocycles. The highest BCUT2D eigenvalue weighted by molar-refractivity contribution is 5.96. The Morgan fingerprint density at radius 2 is 1.54 bits per heavy atom. The maximum absolute atomic E-state index is 15.1. The number of para-hydroxylation sites is 1. The fourth-order valence-electron chi connectivity index (χ4n) is 3.58. The number of nitriles is 2. The van der Waals surface area contributed by atoms with Gasteiger partial charge in [-0.05, 0) is 24.5 Å². The zero-order valence-corrected chi connectivity index (χ0v) is 19.1. The van der Waals surface area contributed by atoms with E-state index in [1.807, 2.05) is 13.8 Å². The maximum atomic E-state index is 15.1. The van der Waals surface area contributed by atoms with Crippen molar-refractivity contribution in [3.05, 3.63) is 82.7 Å². The third kappa shape index (κ3) is 5.12. The van der Waals surface area contributed by atoms with Crippen molar-refractivity contribution in [3.63, 3.8) is 0 Å². The topological polar surface area (TPSA) is 83.1 Å². The molecule has 1 unspecified atom stereocenters. The van der Waals surface area contributed by atoms with E-state index in [2.05, 4.69) is 0 Å². The van der Waals surface area contributed by atoms with E-state index in [1.54, 1.807) is 42.5 Å². The third-order valence-electron chi connectivity index (χ3n) is 5.37. The highest BCUT2D eigenvalue weighted by atomic mass is 19.2. The van der Waals surface area contributed by atoms with Crippen LogP contribution in [0.3, 0.4) is 0 Å². The highest BCUT2D eigenvalue weighted by Crippen LogP contribution is 2.40. The molecule has 178 valence electrons. The molecule has 0 aliphatic carbocycles. The lowest BCUT2D eigenvalue weighted by Gasteiger charge is -2.19. The molecule has 0 aliphatic heterocycles. The summed E-state index contributed by atoms with van der Waals surface area (Å²) in [7, 11) is 0. The molecule has 1 atom stereocenters. The predicted molar refractivity (Wildman–Crippen MR) is 122 cm³/mol. The summed E-state index contributed by atoms with van der Waals surface area (Å²) < 4.78 is 55.5. The third-order valence-corrected chi connectivity index (χ3v) is 5.37. The average molecular weight is 478 g/mol. The van der Waals surface area contributed by atoms with Crippen LogP contribution in [0.5, 0.6) is 11.5 Å². The van der Waals surface area contributed by atoms with Crippen LogP contribution in [0.4, 0.5) is 13.2 Å². The van der Waals surface area contributed by atoms with Gasteiger partial charge in [0.2, 0.25) is 11.6 Å². The standard InChI is InChI=1S/C27H21F3N2O3/c1-3-9-17(4-2)34-27(33)19-13-8-12-18(16-10-6-5-7-11-16)25(19)35-26-23(29)21(15-32)20(14-31)22(28)24(26)30/h5-8,10-13,17H,3-4,9H2,1-2H3. The highest BCUT2D eigenvalue weighted by Gasteiger charge is 2.29. The summed E-state index contributed by atoms with van der Waals surface area (Å²) in [6, 6.07) is 15.7.